The van der Waals surface area contributed by atoms with E-state index < -0.39 is 10.8 Å². The minimum absolute atomic E-state index is 0.134. The average Bonchev–Trinajstić information content (AvgIpc) is 2.67. The third kappa shape index (κ3) is 4.07. The molecule has 0 amide bonds. The van der Waals surface area contributed by atoms with E-state index in [0.717, 1.165) is 0 Å². The molecule has 4 heteroatoms. The van der Waals surface area contributed by atoms with Crippen molar-refractivity contribution >= 4 is 10.8 Å². The van der Waals surface area contributed by atoms with Crippen LogP contribution in [0.3, 0.4) is 0 Å². The van der Waals surface area contributed by atoms with Crippen LogP contribution in [0.25, 0.3) is 0 Å². The zero-order valence-electron chi connectivity index (χ0n) is 8.91. The van der Waals surface area contributed by atoms with Crippen molar-refractivity contribution in [3.8, 4) is 0 Å². The molecule has 0 radical (unpaired) electrons. The Morgan fingerprint density at radius 2 is 2.14 bits per heavy atom. The van der Waals surface area contributed by atoms with Crippen LogP contribution in [-0.2, 0) is 15.5 Å². The molecule has 2 atom stereocenters. The summed E-state index contributed by atoms with van der Waals surface area (Å²) < 4.78 is 16.4. The van der Waals surface area contributed by atoms with Crippen LogP contribution >= 0.6 is 0 Å². The maximum absolute atomic E-state index is 11.5. The predicted molar refractivity (Wildman–Crippen MR) is 59.7 cm³/mol. The Morgan fingerprint density at radius 1 is 1.50 bits per heavy atom. The first-order valence-corrected chi connectivity index (χ1v) is 6.82. The molecule has 2 N–H and O–H groups in total. The van der Waals surface area contributed by atoms with Gasteiger partial charge in [-0.1, -0.05) is 12.8 Å². The number of hydrogen-bond donors (Lipinski definition) is 1. The number of ether oxygens (including phenoxy) is 1. The van der Waals surface area contributed by atoms with E-state index in [9.17, 15) is 4.21 Å². The van der Waals surface area contributed by atoms with E-state index >= 15 is 0 Å². The predicted octanol–water partition coefficient (Wildman–Crippen LogP) is 0.899. The Balaban J connectivity index is 2.18. The summed E-state index contributed by atoms with van der Waals surface area (Å²) in [5, 5.41) is 0. The molecular formula is C10H21NO2S. The minimum Gasteiger partial charge on any atom is -0.384 e. The van der Waals surface area contributed by atoms with Gasteiger partial charge in [-0.3, -0.25) is 4.21 Å². The Bertz CT molecular complexity index is 181. The summed E-state index contributed by atoms with van der Waals surface area (Å²) in [5.41, 5.74) is 6.02. The Morgan fingerprint density at radius 3 is 2.71 bits per heavy atom. The van der Waals surface area contributed by atoms with Gasteiger partial charge in [0.2, 0.25) is 0 Å². The van der Waals surface area contributed by atoms with Crippen molar-refractivity contribution in [2.24, 2.45) is 11.7 Å². The van der Waals surface area contributed by atoms with Crippen LogP contribution in [0.4, 0.5) is 0 Å². The van der Waals surface area contributed by atoms with E-state index in [1.165, 1.54) is 25.7 Å². The molecule has 3 nitrogen and oxygen atoms in total. The smallest absolute Gasteiger partial charge is 0.0577 e. The molecule has 84 valence electrons. The number of rotatable bonds is 6. The number of nitrogens with two attached hydrogens (primary N) is 1. The molecule has 1 rings (SSSR count). The Hall–Kier alpha value is 0.0700. The fourth-order valence-electron chi connectivity index (χ4n) is 2.00. The van der Waals surface area contributed by atoms with Gasteiger partial charge in [-0.25, -0.2) is 0 Å². The molecule has 2 unspecified atom stereocenters. The van der Waals surface area contributed by atoms with Crippen LogP contribution in [0.5, 0.6) is 0 Å². The molecule has 0 saturated heterocycles. The minimum atomic E-state index is -0.796. The molecule has 1 aliphatic rings. The largest absolute Gasteiger partial charge is 0.384 e. The highest BCUT2D eigenvalue weighted by Crippen LogP contribution is 2.27. The van der Waals surface area contributed by atoms with Crippen molar-refractivity contribution in [2.45, 2.75) is 31.7 Å². The molecule has 0 heterocycles. The molecule has 1 fully saturated rings. The Kier molecular flexibility index (Phi) is 5.67. The van der Waals surface area contributed by atoms with E-state index in [0.29, 0.717) is 24.0 Å². The van der Waals surface area contributed by atoms with Crippen molar-refractivity contribution in [1.82, 2.24) is 0 Å². The highest BCUT2D eigenvalue weighted by molar-refractivity contribution is 7.85. The first-order valence-electron chi connectivity index (χ1n) is 5.33. The van der Waals surface area contributed by atoms with Crippen molar-refractivity contribution in [3.05, 3.63) is 0 Å². The van der Waals surface area contributed by atoms with Crippen LogP contribution in [0.1, 0.15) is 25.7 Å². The lowest BCUT2D eigenvalue weighted by molar-refractivity contribution is 0.218. The van der Waals surface area contributed by atoms with E-state index in [1.54, 1.807) is 7.11 Å². The second kappa shape index (κ2) is 6.53. The third-order valence-electron chi connectivity index (χ3n) is 2.90. The van der Waals surface area contributed by atoms with Gasteiger partial charge in [0.25, 0.3) is 0 Å². The fourth-order valence-corrected chi connectivity index (χ4v) is 3.22. The van der Waals surface area contributed by atoms with Crippen molar-refractivity contribution < 1.29 is 8.95 Å². The van der Waals surface area contributed by atoms with Crippen LogP contribution < -0.4 is 5.73 Å². The van der Waals surface area contributed by atoms with Gasteiger partial charge in [0.1, 0.15) is 0 Å². The van der Waals surface area contributed by atoms with E-state index in [1.807, 2.05) is 0 Å². The summed E-state index contributed by atoms with van der Waals surface area (Å²) in [7, 11) is 0.837. The van der Waals surface area contributed by atoms with Crippen molar-refractivity contribution in [1.29, 1.82) is 0 Å². The lowest BCUT2D eigenvalue weighted by atomic mass is 10.0. The summed E-state index contributed by atoms with van der Waals surface area (Å²) in [6, 6.07) is 0.134. The quantitative estimate of drug-likeness (QED) is 0.722. The second-order valence-corrected chi connectivity index (χ2v) is 5.63. The molecule has 0 spiro atoms. The zero-order chi connectivity index (χ0) is 10.4. The van der Waals surface area contributed by atoms with Crippen molar-refractivity contribution in [2.75, 3.05) is 25.2 Å². The molecule has 0 aromatic heterocycles. The van der Waals surface area contributed by atoms with Gasteiger partial charge in [0.05, 0.1) is 6.61 Å². The van der Waals surface area contributed by atoms with Gasteiger partial charge in [-0.2, -0.15) is 0 Å². The molecule has 0 bridgehead atoms. The van der Waals surface area contributed by atoms with Crippen LogP contribution in [0, 0.1) is 5.92 Å². The van der Waals surface area contributed by atoms with Gasteiger partial charge in [0.15, 0.2) is 0 Å². The first-order chi connectivity index (χ1) is 6.74. The van der Waals surface area contributed by atoms with Gasteiger partial charge in [-0.15, -0.1) is 0 Å². The van der Waals surface area contributed by atoms with Crippen LogP contribution in [-0.4, -0.2) is 35.5 Å². The summed E-state index contributed by atoms with van der Waals surface area (Å²) in [5.74, 6) is 1.88. The van der Waals surface area contributed by atoms with Crippen LogP contribution in [0.15, 0.2) is 0 Å². The zero-order valence-corrected chi connectivity index (χ0v) is 9.72. The highest BCUT2D eigenvalue weighted by atomic mass is 32.2. The van der Waals surface area contributed by atoms with E-state index in [2.05, 4.69) is 0 Å². The maximum atomic E-state index is 11.5. The molecule has 0 aliphatic heterocycles. The number of methoxy groups -OCH3 is 1. The van der Waals surface area contributed by atoms with Gasteiger partial charge in [0, 0.05) is 35.5 Å². The summed E-state index contributed by atoms with van der Waals surface area (Å²) >= 11 is 0. The summed E-state index contributed by atoms with van der Waals surface area (Å²) in [6.07, 6.45) is 5.04. The molecule has 0 aromatic carbocycles. The first kappa shape index (κ1) is 12.1. The van der Waals surface area contributed by atoms with Gasteiger partial charge < -0.3 is 10.5 Å². The Labute approximate surface area is 88.8 Å². The van der Waals surface area contributed by atoms with E-state index in [-0.39, 0.29) is 6.04 Å². The van der Waals surface area contributed by atoms with Gasteiger partial charge in [-0.05, 0) is 18.8 Å². The standard InChI is InChI=1S/C10H21NO2S/c1-13-6-7-14(12)8-10(11)9-4-2-3-5-9/h9-10H,2-8,11H2,1H3. The highest BCUT2D eigenvalue weighted by Gasteiger charge is 2.23. The summed E-state index contributed by atoms with van der Waals surface area (Å²) in [6.45, 7) is 0.573. The SMILES string of the molecule is COCCS(=O)CC(N)C1CCCC1. The lowest BCUT2D eigenvalue weighted by Crippen LogP contribution is -2.34. The van der Waals surface area contributed by atoms with E-state index in [4.69, 9.17) is 10.5 Å². The second-order valence-electron chi connectivity index (χ2n) is 4.01. The molecule has 1 saturated carbocycles. The molecule has 14 heavy (non-hydrogen) atoms. The molecule has 1 aliphatic carbocycles. The summed E-state index contributed by atoms with van der Waals surface area (Å²) in [4.78, 5) is 0. The third-order valence-corrected chi connectivity index (χ3v) is 4.28. The van der Waals surface area contributed by atoms with Crippen LogP contribution in [0.2, 0.25) is 0 Å². The monoisotopic (exact) mass is 219 g/mol. The van der Waals surface area contributed by atoms with Gasteiger partial charge >= 0.3 is 0 Å². The normalized spacial score (nSPS) is 22.4. The average molecular weight is 219 g/mol. The lowest BCUT2D eigenvalue weighted by Gasteiger charge is -2.17. The fraction of sp³-hybridized carbons (Fsp3) is 1.00. The van der Waals surface area contributed by atoms with Crippen molar-refractivity contribution in [3.63, 3.8) is 0 Å². The molecular weight excluding hydrogens is 198 g/mol. The maximum Gasteiger partial charge on any atom is 0.0577 e. The number of hydrogen-bond acceptors (Lipinski definition) is 3. The topological polar surface area (TPSA) is 52.3 Å². The molecule has 0 aromatic rings.